The Morgan fingerprint density at radius 3 is 2.68 bits per heavy atom. The maximum atomic E-state index is 12.7. The topological polar surface area (TPSA) is 85.1 Å². The van der Waals surface area contributed by atoms with E-state index in [2.05, 4.69) is 9.71 Å². The van der Waals surface area contributed by atoms with Crippen LogP contribution in [-0.2, 0) is 10.0 Å². The molecule has 120 valence electrons. The van der Waals surface area contributed by atoms with Crippen molar-refractivity contribution in [2.75, 3.05) is 6.54 Å². The smallest absolute Gasteiger partial charge is 0.243 e. The first kappa shape index (κ1) is 16.9. The van der Waals surface area contributed by atoms with Crippen molar-refractivity contribution in [2.24, 2.45) is 11.7 Å². The molecule has 0 fully saturated rings. The lowest BCUT2D eigenvalue weighted by Gasteiger charge is -2.19. The number of aromatic nitrogens is 1. The summed E-state index contributed by atoms with van der Waals surface area (Å²) in [5, 5.41) is 0.816. The van der Waals surface area contributed by atoms with Crippen molar-refractivity contribution in [2.45, 2.75) is 38.1 Å². The Kier molecular flexibility index (Phi) is 5.16. The van der Waals surface area contributed by atoms with Crippen molar-refractivity contribution in [1.29, 1.82) is 0 Å². The zero-order chi connectivity index (χ0) is 16.3. The molecule has 0 radical (unpaired) electrons. The van der Waals surface area contributed by atoms with Gasteiger partial charge in [0, 0.05) is 24.2 Å². The molecular formula is C16H23N3O2S. The summed E-state index contributed by atoms with van der Waals surface area (Å²) in [6.07, 6.45) is 2.38. The van der Waals surface area contributed by atoms with Gasteiger partial charge in [0.2, 0.25) is 10.0 Å². The molecule has 1 aromatic heterocycles. The van der Waals surface area contributed by atoms with Crippen LogP contribution in [0, 0.1) is 12.8 Å². The Morgan fingerprint density at radius 2 is 2.05 bits per heavy atom. The number of nitrogens with two attached hydrogens (primary N) is 1. The largest absolute Gasteiger partial charge is 0.329 e. The van der Waals surface area contributed by atoms with Gasteiger partial charge in [0.05, 0.1) is 5.52 Å². The average Bonchev–Trinajstić information content (AvgIpc) is 2.44. The number of benzene rings is 1. The van der Waals surface area contributed by atoms with Gasteiger partial charge in [0.15, 0.2) is 0 Å². The van der Waals surface area contributed by atoms with Crippen molar-refractivity contribution in [1.82, 2.24) is 9.71 Å². The molecule has 2 aromatic rings. The Bertz CT molecular complexity index is 757. The molecule has 0 saturated heterocycles. The summed E-state index contributed by atoms with van der Waals surface area (Å²) < 4.78 is 28.1. The molecule has 1 atom stereocenters. The zero-order valence-corrected chi connectivity index (χ0v) is 14.0. The first-order valence-electron chi connectivity index (χ1n) is 7.41. The third-order valence-corrected chi connectivity index (χ3v) is 5.01. The molecule has 3 N–H and O–H groups in total. The number of pyridine rings is 1. The van der Waals surface area contributed by atoms with E-state index in [0.29, 0.717) is 17.9 Å². The van der Waals surface area contributed by atoms with E-state index >= 15 is 0 Å². The summed E-state index contributed by atoms with van der Waals surface area (Å²) >= 11 is 0. The van der Waals surface area contributed by atoms with Crippen LogP contribution in [0.2, 0.25) is 0 Å². The molecule has 1 unspecified atom stereocenters. The fourth-order valence-electron chi connectivity index (χ4n) is 2.50. The van der Waals surface area contributed by atoms with E-state index in [-0.39, 0.29) is 17.5 Å². The average molecular weight is 321 g/mol. The number of nitrogens with one attached hydrogen (secondary N) is 1. The number of para-hydroxylation sites is 1. The lowest BCUT2D eigenvalue weighted by Crippen LogP contribution is -2.41. The van der Waals surface area contributed by atoms with Crippen molar-refractivity contribution in [3.63, 3.8) is 0 Å². The molecule has 2 rings (SSSR count). The molecular weight excluding hydrogens is 298 g/mol. The maximum Gasteiger partial charge on any atom is 0.243 e. The van der Waals surface area contributed by atoms with Gasteiger partial charge in [-0.1, -0.05) is 26.0 Å². The Hall–Kier alpha value is -1.50. The molecule has 22 heavy (non-hydrogen) atoms. The summed E-state index contributed by atoms with van der Waals surface area (Å²) in [5.41, 5.74) is 7.18. The fourth-order valence-corrected chi connectivity index (χ4v) is 3.95. The van der Waals surface area contributed by atoms with E-state index in [9.17, 15) is 8.42 Å². The number of nitrogens with zero attached hydrogens (tertiary/aromatic N) is 1. The van der Waals surface area contributed by atoms with Crippen LogP contribution in [0.1, 0.15) is 25.8 Å². The predicted octanol–water partition coefficient (Wildman–Crippen LogP) is 2.19. The first-order chi connectivity index (χ1) is 10.3. The molecule has 1 heterocycles. The minimum Gasteiger partial charge on any atom is -0.329 e. The van der Waals surface area contributed by atoms with Crippen molar-refractivity contribution < 1.29 is 8.42 Å². The Morgan fingerprint density at radius 1 is 1.32 bits per heavy atom. The molecule has 0 amide bonds. The lowest BCUT2D eigenvalue weighted by atomic mass is 10.1. The molecule has 1 aromatic carbocycles. The van der Waals surface area contributed by atoms with Crippen LogP contribution in [0.25, 0.3) is 10.9 Å². The van der Waals surface area contributed by atoms with Crippen molar-refractivity contribution in [3.8, 4) is 0 Å². The summed E-state index contributed by atoms with van der Waals surface area (Å²) in [5.74, 6) is 0.365. The number of hydrogen-bond donors (Lipinski definition) is 2. The van der Waals surface area contributed by atoms with Gasteiger partial charge in [-0.2, -0.15) is 0 Å². The predicted molar refractivity (Wildman–Crippen MR) is 89.1 cm³/mol. The number of hydrogen-bond acceptors (Lipinski definition) is 4. The quantitative estimate of drug-likeness (QED) is 0.854. The summed E-state index contributed by atoms with van der Waals surface area (Å²) in [4.78, 5) is 4.49. The van der Waals surface area contributed by atoms with E-state index < -0.39 is 10.0 Å². The highest BCUT2D eigenvalue weighted by molar-refractivity contribution is 7.89. The van der Waals surface area contributed by atoms with Gasteiger partial charge < -0.3 is 5.73 Å². The lowest BCUT2D eigenvalue weighted by molar-refractivity contribution is 0.465. The second kappa shape index (κ2) is 6.73. The van der Waals surface area contributed by atoms with Crippen LogP contribution in [0.15, 0.2) is 35.4 Å². The summed E-state index contributed by atoms with van der Waals surface area (Å²) in [6.45, 7) is 6.28. The van der Waals surface area contributed by atoms with E-state index in [0.717, 1.165) is 10.9 Å². The molecule has 5 nitrogen and oxygen atoms in total. The molecule has 0 saturated carbocycles. The number of rotatable bonds is 6. The van der Waals surface area contributed by atoms with E-state index in [4.69, 9.17) is 5.73 Å². The number of aryl methyl sites for hydroxylation is 1. The van der Waals surface area contributed by atoms with Gasteiger partial charge in [-0.15, -0.1) is 0 Å². The molecule has 0 aliphatic rings. The highest BCUT2D eigenvalue weighted by Gasteiger charge is 2.22. The summed E-state index contributed by atoms with van der Waals surface area (Å²) in [7, 11) is -3.65. The van der Waals surface area contributed by atoms with Gasteiger partial charge >= 0.3 is 0 Å². The molecule has 0 spiro atoms. The van der Waals surface area contributed by atoms with E-state index in [1.807, 2.05) is 32.9 Å². The van der Waals surface area contributed by atoms with Crippen molar-refractivity contribution in [3.05, 3.63) is 36.0 Å². The second-order valence-electron chi connectivity index (χ2n) is 6.02. The second-order valence-corrected chi connectivity index (χ2v) is 7.71. The minimum absolute atomic E-state index is 0.201. The van der Waals surface area contributed by atoms with Gasteiger partial charge in [-0.05, 0) is 37.0 Å². The van der Waals surface area contributed by atoms with Crippen molar-refractivity contribution >= 4 is 20.9 Å². The van der Waals surface area contributed by atoms with Gasteiger partial charge in [0.25, 0.3) is 0 Å². The first-order valence-corrected chi connectivity index (χ1v) is 8.89. The highest BCUT2D eigenvalue weighted by Crippen LogP contribution is 2.22. The van der Waals surface area contributed by atoms with Crippen LogP contribution in [-0.4, -0.2) is 26.0 Å². The zero-order valence-electron chi connectivity index (χ0n) is 13.2. The molecule has 0 bridgehead atoms. The standard InChI is InChI=1S/C16H23N3O2S/c1-11(2)7-14(9-17)19-22(20,21)15-6-4-5-13-8-12(3)10-18-16(13)15/h4-6,8,10-11,14,19H,7,9,17H2,1-3H3. The third-order valence-electron chi connectivity index (χ3n) is 3.46. The van der Waals surface area contributed by atoms with Crippen LogP contribution in [0.3, 0.4) is 0 Å². The Balaban J connectivity index is 2.41. The van der Waals surface area contributed by atoms with Crippen LogP contribution < -0.4 is 10.5 Å². The minimum atomic E-state index is -3.65. The number of sulfonamides is 1. The van der Waals surface area contributed by atoms with Gasteiger partial charge in [0.1, 0.15) is 4.90 Å². The number of fused-ring (bicyclic) bond motifs is 1. The normalized spacial score (nSPS) is 13.7. The molecule has 0 aliphatic heterocycles. The van der Waals surface area contributed by atoms with Gasteiger partial charge in [-0.3, -0.25) is 4.98 Å². The molecule has 0 aliphatic carbocycles. The monoisotopic (exact) mass is 321 g/mol. The van der Waals surface area contributed by atoms with Crippen LogP contribution in [0.4, 0.5) is 0 Å². The Labute approximate surface area is 132 Å². The van der Waals surface area contributed by atoms with E-state index in [1.165, 1.54) is 0 Å². The summed E-state index contributed by atoms with van der Waals surface area (Å²) in [6, 6.07) is 6.83. The van der Waals surface area contributed by atoms with E-state index in [1.54, 1.807) is 18.3 Å². The molecule has 6 heteroatoms. The SMILES string of the molecule is Cc1cnc2c(S(=O)(=O)NC(CN)CC(C)C)cccc2c1. The van der Waals surface area contributed by atoms with Crippen LogP contribution >= 0.6 is 0 Å². The van der Waals surface area contributed by atoms with Crippen LogP contribution in [0.5, 0.6) is 0 Å². The third kappa shape index (κ3) is 3.82. The maximum absolute atomic E-state index is 12.7. The van der Waals surface area contributed by atoms with Gasteiger partial charge in [-0.25, -0.2) is 13.1 Å². The fraction of sp³-hybridized carbons (Fsp3) is 0.438. The highest BCUT2D eigenvalue weighted by atomic mass is 32.2.